The van der Waals surface area contributed by atoms with Gasteiger partial charge in [0.15, 0.2) is 6.10 Å². The maximum Gasteiger partial charge on any atom is 0.306 e. The Morgan fingerprint density at radius 2 is 0.506 bits per heavy atom. The molecule has 0 spiro atoms. The third kappa shape index (κ3) is 63.8. The number of ether oxygens (including phenoxy) is 3. The van der Waals surface area contributed by atoms with Gasteiger partial charge in [-0.3, -0.25) is 14.4 Å². The molecule has 6 heteroatoms. The number of hydrogen-bond acceptors (Lipinski definition) is 6. The third-order valence-electron chi connectivity index (χ3n) is 15.0. The second-order valence-electron chi connectivity index (χ2n) is 22.7. The summed E-state index contributed by atoms with van der Waals surface area (Å²) in [5, 5.41) is 0. The van der Waals surface area contributed by atoms with E-state index in [-0.39, 0.29) is 31.1 Å². The lowest BCUT2D eigenvalue weighted by atomic mass is 10.0. The Bertz CT molecular complexity index is 1380. The van der Waals surface area contributed by atoms with E-state index in [0.717, 1.165) is 96.3 Å². The van der Waals surface area contributed by atoms with Crippen molar-refractivity contribution in [2.75, 3.05) is 13.2 Å². The molecule has 77 heavy (non-hydrogen) atoms. The maximum absolute atomic E-state index is 12.9. The fourth-order valence-corrected chi connectivity index (χ4v) is 10.0. The molecule has 0 amide bonds. The standard InChI is InChI=1S/C71H128O6/c1-4-7-10-13-16-19-22-25-28-31-32-33-34-35-36-37-38-41-43-46-49-52-55-58-61-64-70(73)76-67-68(77-71(74)65-62-59-56-53-50-47-44-40-30-27-24-21-18-15-12-9-6-3)66-75-69(72)63-60-57-54-51-48-45-42-39-29-26-23-20-17-14-11-8-5-2/h7,10,16,19,25,28,32-33,35-36,68H,4-6,8-9,11-15,17-18,20-24,26-27,29-31,34,37-67H2,1-3H3/b10-7-,19-16-,28-25-,33-32-,36-35-. The zero-order valence-electron chi connectivity index (χ0n) is 51.5. The molecule has 0 saturated carbocycles. The van der Waals surface area contributed by atoms with Gasteiger partial charge >= 0.3 is 17.9 Å². The quantitative estimate of drug-likeness (QED) is 0.0261. The molecule has 0 heterocycles. The number of allylic oxidation sites excluding steroid dienone is 10. The Morgan fingerprint density at radius 1 is 0.273 bits per heavy atom. The number of carbonyl (C=O) groups excluding carboxylic acids is 3. The van der Waals surface area contributed by atoms with Crippen molar-refractivity contribution in [1.29, 1.82) is 0 Å². The average Bonchev–Trinajstić information content (AvgIpc) is 3.43. The van der Waals surface area contributed by atoms with E-state index in [1.807, 2.05) is 0 Å². The Kier molecular flexibility index (Phi) is 63.2. The minimum Gasteiger partial charge on any atom is -0.462 e. The first-order valence-electron chi connectivity index (χ1n) is 33.8. The predicted molar refractivity (Wildman–Crippen MR) is 335 cm³/mol. The summed E-state index contributed by atoms with van der Waals surface area (Å²) in [6, 6.07) is 0. The van der Waals surface area contributed by atoms with E-state index < -0.39 is 6.10 Å². The first-order chi connectivity index (χ1) is 38.0. The smallest absolute Gasteiger partial charge is 0.306 e. The first kappa shape index (κ1) is 74.1. The van der Waals surface area contributed by atoms with E-state index in [0.29, 0.717) is 19.3 Å². The fraction of sp³-hybridized carbons (Fsp3) is 0.817. The van der Waals surface area contributed by atoms with E-state index in [9.17, 15) is 14.4 Å². The third-order valence-corrected chi connectivity index (χ3v) is 15.0. The van der Waals surface area contributed by atoms with Gasteiger partial charge in [-0.1, -0.05) is 332 Å². The minimum atomic E-state index is -0.774. The summed E-state index contributed by atoms with van der Waals surface area (Å²) in [5.41, 5.74) is 0. The summed E-state index contributed by atoms with van der Waals surface area (Å²) in [6.07, 6.45) is 83.7. The molecule has 0 aliphatic carbocycles. The zero-order valence-corrected chi connectivity index (χ0v) is 51.5. The van der Waals surface area contributed by atoms with Crippen LogP contribution in [0.2, 0.25) is 0 Å². The molecular formula is C71H128O6. The number of carbonyl (C=O) groups is 3. The van der Waals surface area contributed by atoms with Crippen LogP contribution in [0.3, 0.4) is 0 Å². The van der Waals surface area contributed by atoms with Crippen molar-refractivity contribution in [2.24, 2.45) is 0 Å². The van der Waals surface area contributed by atoms with Gasteiger partial charge in [0.05, 0.1) is 0 Å². The Labute approximate surface area is 479 Å². The van der Waals surface area contributed by atoms with Gasteiger partial charge in [0, 0.05) is 19.3 Å². The van der Waals surface area contributed by atoms with Crippen LogP contribution < -0.4 is 0 Å². The highest BCUT2D eigenvalue weighted by atomic mass is 16.6. The van der Waals surface area contributed by atoms with Crippen molar-refractivity contribution < 1.29 is 28.6 Å². The zero-order chi connectivity index (χ0) is 55.7. The van der Waals surface area contributed by atoms with Crippen LogP contribution in [0.25, 0.3) is 0 Å². The van der Waals surface area contributed by atoms with Crippen LogP contribution in [-0.2, 0) is 28.6 Å². The lowest BCUT2D eigenvalue weighted by molar-refractivity contribution is -0.167. The van der Waals surface area contributed by atoms with Gasteiger partial charge in [-0.15, -0.1) is 0 Å². The van der Waals surface area contributed by atoms with Crippen LogP contribution in [-0.4, -0.2) is 37.2 Å². The summed E-state index contributed by atoms with van der Waals surface area (Å²) in [6.45, 7) is 6.59. The molecule has 1 atom stereocenters. The van der Waals surface area contributed by atoms with E-state index in [1.165, 1.54) is 218 Å². The van der Waals surface area contributed by atoms with Crippen molar-refractivity contribution >= 4 is 17.9 Å². The number of hydrogen-bond donors (Lipinski definition) is 0. The normalized spacial score (nSPS) is 12.4. The van der Waals surface area contributed by atoms with Crippen LogP contribution >= 0.6 is 0 Å². The summed E-state index contributed by atoms with van der Waals surface area (Å²) in [4.78, 5) is 38.4. The van der Waals surface area contributed by atoms with Crippen molar-refractivity contribution in [2.45, 2.75) is 361 Å². The topological polar surface area (TPSA) is 78.9 Å². The van der Waals surface area contributed by atoms with E-state index in [2.05, 4.69) is 81.5 Å². The summed E-state index contributed by atoms with van der Waals surface area (Å²) in [5.74, 6) is -0.851. The molecule has 0 saturated heterocycles. The van der Waals surface area contributed by atoms with Crippen LogP contribution in [0.4, 0.5) is 0 Å². The Hall–Kier alpha value is -2.89. The average molecular weight is 1080 g/mol. The first-order valence-corrected chi connectivity index (χ1v) is 33.8. The highest BCUT2D eigenvalue weighted by Crippen LogP contribution is 2.18. The van der Waals surface area contributed by atoms with Gasteiger partial charge in [-0.05, 0) is 64.2 Å². The molecule has 6 nitrogen and oxygen atoms in total. The summed E-state index contributed by atoms with van der Waals surface area (Å²) < 4.78 is 17.0. The summed E-state index contributed by atoms with van der Waals surface area (Å²) >= 11 is 0. The second kappa shape index (κ2) is 65.6. The van der Waals surface area contributed by atoms with Crippen LogP contribution in [0.1, 0.15) is 355 Å². The molecular weight excluding hydrogens is 949 g/mol. The number of unbranched alkanes of at least 4 members (excludes halogenated alkanes) is 41. The van der Waals surface area contributed by atoms with Crippen molar-refractivity contribution in [1.82, 2.24) is 0 Å². The highest BCUT2D eigenvalue weighted by molar-refractivity contribution is 5.71. The fourth-order valence-electron chi connectivity index (χ4n) is 10.0. The molecule has 0 aromatic rings. The van der Waals surface area contributed by atoms with Crippen LogP contribution in [0, 0.1) is 0 Å². The lowest BCUT2D eigenvalue weighted by Gasteiger charge is -2.18. The maximum atomic E-state index is 12.9. The molecule has 0 aliphatic heterocycles. The van der Waals surface area contributed by atoms with E-state index in [4.69, 9.17) is 14.2 Å². The number of rotatable bonds is 62. The van der Waals surface area contributed by atoms with Gasteiger partial charge in [0.25, 0.3) is 0 Å². The second-order valence-corrected chi connectivity index (χ2v) is 22.7. The van der Waals surface area contributed by atoms with Crippen molar-refractivity contribution in [3.05, 3.63) is 60.8 Å². The molecule has 0 aromatic carbocycles. The Morgan fingerprint density at radius 3 is 0.792 bits per heavy atom. The van der Waals surface area contributed by atoms with Gasteiger partial charge in [0.2, 0.25) is 0 Å². The minimum absolute atomic E-state index is 0.0702. The molecule has 448 valence electrons. The van der Waals surface area contributed by atoms with Crippen LogP contribution in [0.15, 0.2) is 60.8 Å². The van der Waals surface area contributed by atoms with Gasteiger partial charge < -0.3 is 14.2 Å². The number of esters is 3. The van der Waals surface area contributed by atoms with E-state index in [1.54, 1.807) is 0 Å². The molecule has 0 N–H and O–H groups in total. The molecule has 0 aliphatic rings. The van der Waals surface area contributed by atoms with Crippen molar-refractivity contribution in [3.8, 4) is 0 Å². The van der Waals surface area contributed by atoms with Crippen LogP contribution in [0.5, 0.6) is 0 Å². The van der Waals surface area contributed by atoms with Gasteiger partial charge in [0.1, 0.15) is 13.2 Å². The summed E-state index contributed by atoms with van der Waals surface area (Å²) in [7, 11) is 0. The lowest BCUT2D eigenvalue weighted by Crippen LogP contribution is -2.30. The predicted octanol–water partition coefficient (Wildman–Crippen LogP) is 23.1. The molecule has 0 bridgehead atoms. The Balaban J connectivity index is 4.32. The molecule has 1 unspecified atom stereocenters. The van der Waals surface area contributed by atoms with Crippen molar-refractivity contribution in [3.63, 3.8) is 0 Å². The largest absolute Gasteiger partial charge is 0.462 e. The molecule has 0 radical (unpaired) electrons. The molecule has 0 rings (SSSR count). The monoisotopic (exact) mass is 1080 g/mol. The van der Waals surface area contributed by atoms with Gasteiger partial charge in [-0.25, -0.2) is 0 Å². The van der Waals surface area contributed by atoms with Gasteiger partial charge in [-0.2, -0.15) is 0 Å². The SMILES string of the molecule is CC/C=C\C/C=C\C/C=C\C/C=C\C/C=C\CCCCCCCCCCCC(=O)OCC(COC(=O)CCCCCCCCCCCCCCCCCCC)OC(=O)CCCCCCCCCCCCCCCCCCC. The molecule has 0 fully saturated rings. The van der Waals surface area contributed by atoms with E-state index >= 15 is 0 Å². The highest BCUT2D eigenvalue weighted by Gasteiger charge is 2.19. The molecule has 0 aromatic heterocycles.